The molecule has 1 aromatic rings. The van der Waals surface area contributed by atoms with Crippen LogP contribution in [-0.2, 0) is 25.7 Å². The molecule has 0 spiro atoms. The first-order valence-corrected chi connectivity index (χ1v) is 6.58. The maximum absolute atomic E-state index is 14.0. The standard InChI is InChI=1S/C15H18F2O4/c1-3-7-12(18)15(16,17)13(14(19)20-2)21-10-11-8-5-4-6-9-11/h4-6,8-9,13H,3,7,10H2,1-2H3. The highest BCUT2D eigenvalue weighted by atomic mass is 19.3. The summed E-state index contributed by atoms with van der Waals surface area (Å²) in [4.78, 5) is 23.0. The molecule has 0 radical (unpaired) electrons. The molecule has 0 saturated heterocycles. The highest BCUT2D eigenvalue weighted by molar-refractivity contribution is 5.92. The van der Waals surface area contributed by atoms with Crippen molar-refractivity contribution in [3.63, 3.8) is 0 Å². The summed E-state index contributed by atoms with van der Waals surface area (Å²) in [5.74, 6) is -6.49. The Kier molecular flexibility index (Phi) is 6.42. The maximum atomic E-state index is 14.0. The number of benzene rings is 1. The highest BCUT2D eigenvalue weighted by Crippen LogP contribution is 2.26. The van der Waals surface area contributed by atoms with Gasteiger partial charge in [0.05, 0.1) is 13.7 Å². The van der Waals surface area contributed by atoms with Gasteiger partial charge in [-0.1, -0.05) is 37.3 Å². The Morgan fingerprint density at radius 2 is 1.86 bits per heavy atom. The van der Waals surface area contributed by atoms with Crippen molar-refractivity contribution in [1.82, 2.24) is 0 Å². The summed E-state index contributed by atoms with van der Waals surface area (Å²) >= 11 is 0. The summed E-state index contributed by atoms with van der Waals surface area (Å²) in [5.41, 5.74) is 0.616. The van der Waals surface area contributed by atoms with E-state index in [-0.39, 0.29) is 19.4 Å². The van der Waals surface area contributed by atoms with Crippen LogP contribution >= 0.6 is 0 Å². The molecule has 1 atom stereocenters. The van der Waals surface area contributed by atoms with Crippen LogP contribution in [0.3, 0.4) is 0 Å². The largest absolute Gasteiger partial charge is 0.467 e. The van der Waals surface area contributed by atoms with E-state index in [1.165, 1.54) is 0 Å². The van der Waals surface area contributed by atoms with Crippen molar-refractivity contribution in [1.29, 1.82) is 0 Å². The smallest absolute Gasteiger partial charge is 0.341 e. The number of ketones is 1. The van der Waals surface area contributed by atoms with Crippen LogP contribution in [0.25, 0.3) is 0 Å². The van der Waals surface area contributed by atoms with E-state index in [9.17, 15) is 18.4 Å². The molecule has 0 N–H and O–H groups in total. The van der Waals surface area contributed by atoms with Gasteiger partial charge in [0.1, 0.15) is 0 Å². The van der Waals surface area contributed by atoms with E-state index < -0.39 is 23.8 Å². The van der Waals surface area contributed by atoms with Crippen molar-refractivity contribution in [3.8, 4) is 0 Å². The van der Waals surface area contributed by atoms with Gasteiger partial charge in [0, 0.05) is 6.42 Å². The second-order valence-corrected chi connectivity index (χ2v) is 4.50. The van der Waals surface area contributed by atoms with Crippen LogP contribution in [0.1, 0.15) is 25.3 Å². The van der Waals surface area contributed by atoms with Gasteiger partial charge in [-0.3, -0.25) is 4.79 Å². The van der Waals surface area contributed by atoms with Crippen LogP contribution in [0.2, 0.25) is 0 Å². The molecule has 0 heterocycles. The number of hydrogen-bond acceptors (Lipinski definition) is 4. The molecular weight excluding hydrogens is 282 g/mol. The quantitative estimate of drug-likeness (QED) is 0.693. The first-order chi connectivity index (χ1) is 9.93. The van der Waals surface area contributed by atoms with Gasteiger partial charge in [-0.15, -0.1) is 0 Å². The van der Waals surface area contributed by atoms with Gasteiger partial charge in [-0.2, -0.15) is 8.78 Å². The molecule has 0 amide bonds. The van der Waals surface area contributed by atoms with Crippen LogP contribution in [0.5, 0.6) is 0 Å². The Labute approximate surface area is 122 Å². The van der Waals surface area contributed by atoms with E-state index in [4.69, 9.17) is 4.74 Å². The fraction of sp³-hybridized carbons (Fsp3) is 0.467. The zero-order valence-corrected chi connectivity index (χ0v) is 12.0. The predicted octanol–water partition coefficient (Wildman–Crippen LogP) is 2.75. The Balaban J connectivity index is 2.85. The SMILES string of the molecule is CCCC(=O)C(F)(F)C(OCc1ccccc1)C(=O)OC. The minimum Gasteiger partial charge on any atom is -0.467 e. The molecule has 0 aliphatic carbocycles. The summed E-state index contributed by atoms with van der Waals surface area (Å²) in [5, 5.41) is 0. The highest BCUT2D eigenvalue weighted by Gasteiger charge is 2.51. The van der Waals surface area contributed by atoms with Gasteiger partial charge < -0.3 is 9.47 Å². The minimum atomic E-state index is -3.90. The Hall–Kier alpha value is -1.82. The third-order valence-corrected chi connectivity index (χ3v) is 2.85. The molecule has 0 bridgehead atoms. The van der Waals surface area contributed by atoms with Crippen LogP contribution in [-0.4, -0.2) is 30.9 Å². The second-order valence-electron chi connectivity index (χ2n) is 4.50. The number of rotatable bonds is 8. The molecule has 0 aliphatic rings. The number of alkyl halides is 2. The zero-order chi connectivity index (χ0) is 15.9. The number of hydrogen-bond donors (Lipinski definition) is 0. The van der Waals surface area contributed by atoms with E-state index in [1.807, 2.05) is 0 Å². The molecule has 0 fully saturated rings. The van der Waals surface area contributed by atoms with E-state index in [1.54, 1.807) is 37.3 Å². The van der Waals surface area contributed by atoms with Crippen molar-refractivity contribution in [3.05, 3.63) is 35.9 Å². The summed E-state index contributed by atoms with van der Waals surface area (Å²) in [6.45, 7) is 1.39. The van der Waals surface area contributed by atoms with Gasteiger partial charge >= 0.3 is 11.9 Å². The Morgan fingerprint density at radius 3 is 2.38 bits per heavy atom. The molecule has 0 saturated carbocycles. The number of methoxy groups -OCH3 is 1. The monoisotopic (exact) mass is 300 g/mol. The van der Waals surface area contributed by atoms with E-state index in [0.29, 0.717) is 5.56 Å². The van der Waals surface area contributed by atoms with Crippen molar-refractivity contribution >= 4 is 11.8 Å². The molecule has 21 heavy (non-hydrogen) atoms. The lowest BCUT2D eigenvalue weighted by Crippen LogP contribution is -2.48. The molecule has 4 nitrogen and oxygen atoms in total. The van der Waals surface area contributed by atoms with E-state index in [0.717, 1.165) is 7.11 Å². The first kappa shape index (κ1) is 17.2. The predicted molar refractivity (Wildman–Crippen MR) is 71.9 cm³/mol. The molecule has 116 valence electrons. The number of carbonyl (C=O) groups excluding carboxylic acids is 2. The van der Waals surface area contributed by atoms with Crippen molar-refractivity contribution in [2.75, 3.05) is 7.11 Å². The van der Waals surface area contributed by atoms with Gasteiger partial charge in [-0.25, -0.2) is 4.79 Å². The molecule has 0 aliphatic heterocycles. The maximum Gasteiger partial charge on any atom is 0.341 e. The lowest BCUT2D eigenvalue weighted by molar-refractivity contribution is -0.191. The number of ether oxygens (including phenoxy) is 2. The van der Waals surface area contributed by atoms with Crippen molar-refractivity contribution in [2.24, 2.45) is 0 Å². The summed E-state index contributed by atoms with van der Waals surface area (Å²) in [7, 11) is 0.974. The van der Waals surface area contributed by atoms with Gasteiger partial charge in [-0.05, 0) is 12.0 Å². The lowest BCUT2D eigenvalue weighted by atomic mass is 10.0. The Bertz CT molecular complexity index is 474. The molecule has 6 heteroatoms. The second kappa shape index (κ2) is 7.83. The van der Waals surface area contributed by atoms with Gasteiger partial charge in [0.2, 0.25) is 11.9 Å². The molecule has 1 rings (SSSR count). The van der Waals surface area contributed by atoms with Crippen LogP contribution < -0.4 is 0 Å². The van der Waals surface area contributed by atoms with Gasteiger partial charge in [0.25, 0.3) is 0 Å². The van der Waals surface area contributed by atoms with Crippen molar-refractivity contribution in [2.45, 2.75) is 38.4 Å². The average Bonchev–Trinajstić information content (AvgIpc) is 2.48. The summed E-state index contributed by atoms with van der Waals surface area (Å²) in [6.07, 6.45) is -2.29. The zero-order valence-electron chi connectivity index (χ0n) is 12.0. The van der Waals surface area contributed by atoms with Crippen LogP contribution in [0.4, 0.5) is 8.78 Å². The summed E-state index contributed by atoms with van der Waals surface area (Å²) < 4.78 is 37.4. The normalized spacial score (nSPS) is 12.8. The number of carbonyl (C=O) groups is 2. The van der Waals surface area contributed by atoms with Gasteiger partial charge in [0.15, 0.2) is 0 Å². The molecule has 0 aromatic heterocycles. The molecule has 1 unspecified atom stereocenters. The number of halogens is 2. The third-order valence-electron chi connectivity index (χ3n) is 2.85. The van der Waals surface area contributed by atoms with Crippen LogP contribution in [0.15, 0.2) is 30.3 Å². The Morgan fingerprint density at radius 1 is 1.24 bits per heavy atom. The minimum absolute atomic E-state index is 0.213. The van der Waals surface area contributed by atoms with Crippen LogP contribution in [0, 0.1) is 0 Å². The fourth-order valence-corrected chi connectivity index (χ4v) is 1.72. The van der Waals surface area contributed by atoms with Crippen molar-refractivity contribution < 1.29 is 27.8 Å². The number of esters is 1. The average molecular weight is 300 g/mol. The topological polar surface area (TPSA) is 52.6 Å². The van der Waals surface area contributed by atoms with E-state index >= 15 is 0 Å². The number of Topliss-reactive ketones (excluding diaryl/α,β-unsaturated/α-hetero) is 1. The third kappa shape index (κ3) is 4.60. The van der Waals surface area contributed by atoms with E-state index in [2.05, 4.69) is 4.74 Å². The summed E-state index contributed by atoms with van der Waals surface area (Å²) in [6, 6.07) is 8.53. The molecule has 1 aromatic carbocycles. The lowest BCUT2D eigenvalue weighted by Gasteiger charge is -2.23. The first-order valence-electron chi connectivity index (χ1n) is 6.58. The fourth-order valence-electron chi connectivity index (χ4n) is 1.72. The molecular formula is C15H18F2O4.